The van der Waals surface area contributed by atoms with Gasteiger partial charge in [-0.1, -0.05) is 13.0 Å². The Labute approximate surface area is 224 Å². The van der Waals surface area contributed by atoms with Crippen LogP contribution >= 0.6 is 0 Å². The van der Waals surface area contributed by atoms with Crippen LogP contribution in [0.5, 0.6) is 23.0 Å². The summed E-state index contributed by atoms with van der Waals surface area (Å²) in [7, 11) is 1.65. The molecular formula is C27H30N6O6. The number of H-pyrrole nitrogens is 1. The van der Waals surface area contributed by atoms with Crippen LogP contribution < -0.4 is 24.5 Å². The smallest absolute Gasteiger partial charge is 0.252 e. The highest BCUT2D eigenvalue weighted by Crippen LogP contribution is 2.36. The summed E-state index contributed by atoms with van der Waals surface area (Å²) in [6.45, 7) is 5.18. The summed E-state index contributed by atoms with van der Waals surface area (Å²) >= 11 is 0. The maximum atomic E-state index is 13.3. The molecule has 4 heterocycles. The summed E-state index contributed by atoms with van der Waals surface area (Å²) in [6.07, 6.45) is 0.724. The number of rotatable bonds is 10. The van der Waals surface area contributed by atoms with E-state index in [1.807, 2.05) is 36.4 Å². The van der Waals surface area contributed by atoms with Gasteiger partial charge in [-0.15, -0.1) is 5.10 Å². The molecule has 0 amide bonds. The molecule has 0 aliphatic carbocycles. The number of hydrogen-bond donors (Lipinski definition) is 1. The average Bonchev–Trinajstić information content (AvgIpc) is 3.61. The van der Waals surface area contributed by atoms with Gasteiger partial charge in [-0.2, -0.15) is 0 Å². The molecule has 39 heavy (non-hydrogen) atoms. The molecule has 0 saturated heterocycles. The van der Waals surface area contributed by atoms with Gasteiger partial charge in [0.2, 0.25) is 6.79 Å². The third kappa shape index (κ3) is 5.12. The van der Waals surface area contributed by atoms with Crippen LogP contribution in [-0.2, 0) is 24.4 Å². The molecule has 0 radical (unpaired) electrons. The lowest BCUT2D eigenvalue weighted by Gasteiger charge is -2.30. The Morgan fingerprint density at radius 1 is 1.03 bits per heavy atom. The Kier molecular flexibility index (Phi) is 7.03. The van der Waals surface area contributed by atoms with E-state index < -0.39 is 0 Å². The van der Waals surface area contributed by atoms with Gasteiger partial charge < -0.3 is 28.7 Å². The lowest BCUT2D eigenvalue weighted by atomic mass is 10.1. The third-order valence-corrected chi connectivity index (χ3v) is 6.97. The molecule has 4 aromatic rings. The van der Waals surface area contributed by atoms with Gasteiger partial charge in [-0.3, -0.25) is 9.69 Å². The summed E-state index contributed by atoms with van der Waals surface area (Å²) in [4.78, 5) is 18.5. The third-order valence-electron chi connectivity index (χ3n) is 6.97. The molecule has 1 atom stereocenters. The molecule has 2 aromatic carbocycles. The average molecular weight is 535 g/mol. The molecule has 1 N–H and O–H groups in total. The summed E-state index contributed by atoms with van der Waals surface area (Å²) in [5.74, 6) is 3.46. The van der Waals surface area contributed by atoms with Crippen LogP contribution in [0.3, 0.4) is 0 Å². The van der Waals surface area contributed by atoms with Gasteiger partial charge in [0.25, 0.3) is 5.56 Å². The minimum Gasteiger partial charge on any atom is -0.486 e. The van der Waals surface area contributed by atoms with Gasteiger partial charge in [0.15, 0.2) is 28.8 Å². The van der Waals surface area contributed by atoms with E-state index in [1.165, 1.54) is 0 Å². The first-order chi connectivity index (χ1) is 19.1. The fraction of sp³-hybridized carbons (Fsp3) is 0.407. The van der Waals surface area contributed by atoms with Crippen LogP contribution in [0.2, 0.25) is 0 Å². The lowest BCUT2D eigenvalue weighted by Crippen LogP contribution is -2.32. The summed E-state index contributed by atoms with van der Waals surface area (Å²) in [6, 6.07) is 11.4. The van der Waals surface area contributed by atoms with E-state index >= 15 is 0 Å². The second-order valence-corrected chi connectivity index (χ2v) is 9.48. The Balaban J connectivity index is 1.37. The SMILES string of the molecule is CCC(c1nnnn1CCOC)N(Cc1ccc2c(c1)OCO2)Cc1cc2cc3c(cc2[nH]c1=O)OCCO3. The predicted molar refractivity (Wildman–Crippen MR) is 140 cm³/mol. The van der Waals surface area contributed by atoms with Crippen molar-refractivity contribution in [2.45, 2.75) is 39.0 Å². The van der Waals surface area contributed by atoms with Gasteiger partial charge in [-0.05, 0) is 46.7 Å². The first-order valence-electron chi connectivity index (χ1n) is 13.0. The quantitative estimate of drug-likeness (QED) is 0.325. The zero-order valence-corrected chi connectivity index (χ0v) is 21.9. The van der Waals surface area contributed by atoms with E-state index in [2.05, 4.69) is 32.3 Å². The van der Waals surface area contributed by atoms with Gasteiger partial charge in [0.05, 0.1) is 24.7 Å². The number of aromatic amines is 1. The highest BCUT2D eigenvalue weighted by atomic mass is 16.7. The van der Waals surface area contributed by atoms with Gasteiger partial charge >= 0.3 is 0 Å². The Bertz CT molecular complexity index is 1540. The molecule has 2 aliphatic rings. The van der Waals surface area contributed by atoms with E-state index in [4.69, 9.17) is 23.7 Å². The van der Waals surface area contributed by atoms with Crippen LogP contribution in [0.15, 0.2) is 41.2 Å². The number of fused-ring (bicyclic) bond motifs is 3. The summed E-state index contributed by atoms with van der Waals surface area (Å²) in [5.41, 5.74) is 2.18. The highest BCUT2D eigenvalue weighted by molar-refractivity contribution is 5.83. The number of aromatic nitrogens is 5. The molecule has 0 spiro atoms. The largest absolute Gasteiger partial charge is 0.486 e. The number of pyridine rings is 1. The molecule has 2 aliphatic heterocycles. The van der Waals surface area contributed by atoms with Crippen molar-refractivity contribution in [1.82, 2.24) is 30.1 Å². The highest BCUT2D eigenvalue weighted by Gasteiger charge is 2.27. The maximum absolute atomic E-state index is 13.3. The number of nitrogens with one attached hydrogen (secondary N) is 1. The topological polar surface area (TPSA) is 126 Å². The first-order valence-corrected chi connectivity index (χ1v) is 13.0. The minimum atomic E-state index is -0.169. The molecule has 0 saturated carbocycles. The number of tetrazole rings is 1. The van der Waals surface area contributed by atoms with E-state index in [0.29, 0.717) is 73.6 Å². The number of methoxy groups -OCH3 is 1. The molecule has 12 heteroatoms. The summed E-state index contributed by atoms with van der Waals surface area (Å²) in [5, 5.41) is 13.4. The second kappa shape index (κ2) is 10.9. The van der Waals surface area contributed by atoms with Crippen molar-refractivity contribution < 1.29 is 23.7 Å². The standard InChI is InChI=1S/C27H30N6O6/c1-3-21(26-29-30-31-33(26)6-7-35-2)32(14-17-4-5-22-23(10-17)39-16-38-22)15-19-11-18-12-24-25(37-9-8-36-24)13-20(18)28-27(19)34/h4-5,10-13,21H,3,6-9,14-16H2,1-2H3,(H,28,34). The Morgan fingerprint density at radius 2 is 1.82 bits per heavy atom. The number of hydrogen-bond acceptors (Lipinski definition) is 10. The molecule has 12 nitrogen and oxygen atoms in total. The molecule has 2 aromatic heterocycles. The van der Waals surface area contributed by atoms with Crippen molar-refractivity contribution in [2.75, 3.05) is 33.7 Å². The van der Waals surface area contributed by atoms with E-state index in [1.54, 1.807) is 11.8 Å². The molecule has 1 unspecified atom stereocenters. The molecule has 0 bridgehead atoms. The van der Waals surface area contributed by atoms with Crippen LogP contribution in [-0.4, -0.2) is 63.8 Å². The van der Waals surface area contributed by atoms with Crippen molar-refractivity contribution in [2.24, 2.45) is 0 Å². The van der Waals surface area contributed by atoms with Gasteiger partial charge in [0, 0.05) is 37.2 Å². The molecular weight excluding hydrogens is 504 g/mol. The minimum absolute atomic E-state index is 0.163. The maximum Gasteiger partial charge on any atom is 0.252 e. The van der Waals surface area contributed by atoms with Crippen molar-refractivity contribution in [3.63, 3.8) is 0 Å². The fourth-order valence-electron chi connectivity index (χ4n) is 5.07. The van der Waals surface area contributed by atoms with Crippen molar-refractivity contribution >= 4 is 10.9 Å². The van der Waals surface area contributed by atoms with Crippen LogP contribution in [0, 0.1) is 0 Å². The lowest BCUT2D eigenvalue weighted by molar-refractivity contribution is 0.150. The predicted octanol–water partition coefficient (Wildman–Crippen LogP) is 2.81. The van der Waals surface area contributed by atoms with Gasteiger partial charge in [-0.25, -0.2) is 4.68 Å². The Hall–Kier alpha value is -4.16. The van der Waals surface area contributed by atoms with Crippen LogP contribution in [0.25, 0.3) is 10.9 Å². The normalized spacial score (nSPS) is 14.7. The number of ether oxygens (including phenoxy) is 5. The second-order valence-electron chi connectivity index (χ2n) is 9.48. The van der Waals surface area contributed by atoms with Crippen molar-refractivity contribution in [1.29, 1.82) is 0 Å². The molecule has 0 fully saturated rings. The molecule has 6 rings (SSSR count). The first kappa shape index (κ1) is 25.1. The Morgan fingerprint density at radius 3 is 2.64 bits per heavy atom. The number of nitrogens with zero attached hydrogens (tertiary/aromatic N) is 5. The van der Waals surface area contributed by atoms with E-state index in [0.717, 1.165) is 23.1 Å². The summed E-state index contributed by atoms with van der Waals surface area (Å²) < 4.78 is 29.6. The van der Waals surface area contributed by atoms with E-state index in [-0.39, 0.29) is 18.4 Å². The molecule has 204 valence electrons. The van der Waals surface area contributed by atoms with E-state index in [9.17, 15) is 4.79 Å². The number of benzene rings is 2. The zero-order valence-electron chi connectivity index (χ0n) is 21.9. The fourth-order valence-corrected chi connectivity index (χ4v) is 5.07. The monoisotopic (exact) mass is 534 g/mol. The van der Waals surface area contributed by atoms with Gasteiger partial charge in [0.1, 0.15) is 13.2 Å². The zero-order chi connectivity index (χ0) is 26.8. The van der Waals surface area contributed by atoms with Crippen molar-refractivity contribution in [3.05, 3.63) is 63.7 Å². The van der Waals surface area contributed by atoms with Crippen LogP contribution in [0.4, 0.5) is 0 Å². The van der Waals surface area contributed by atoms with Crippen molar-refractivity contribution in [3.8, 4) is 23.0 Å². The van der Waals surface area contributed by atoms with Crippen LogP contribution in [0.1, 0.15) is 36.3 Å².